The van der Waals surface area contributed by atoms with Crippen molar-refractivity contribution in [3.05, 3.63) is 35.4 Å². The Labute approximate surface area is 108 Å². The summed E-state index contributed by atoms with van der Waals surface area (Å²) >= 11 is 0. The van der Waals surface area contributed by atoms with E-state index in [0.717, 1.165) is 0 Å². The molecule has 0 aromatic heterocycles. The summed E-state index contributed by atoms with van der Waals surface area (Å²) in [6, 6.07) is 5.83. The highest BCUT2D eigenvalue weighted by molar-refractivity contribution is 5.87. The fourth-order valence-electron chi connectivity index (χ4n) is 1.56. The highest BCUT2D eigenvalue weighted by Crippen LogP contribution is 2.07. The first-order valence-electron chi connectivity index (χ1n) is 5.36. The smallest absolute Gasteiger partial charge is 0.335 e. The average Bonchev–Trinajstić information content (AvgIpc) is 2.27. The van der Waals surface area contributed by atoms with Gasteiger partial charge in [0, 0.05) is 6.54 Å². The fourth-order valence-corrected chi connectivity index (χ4v) is 1.56. The van der Waals surface area contributed by atoms with Gasteiger partial charge in [-0.1, -0.05) is 12.1 Å². The Morgan fingerprint density at radius 2 is 1.37 bits per heavy atom. The van der Waals surface area contributed by atoms with Crippen LogP contribution >= 0.6 is 0 Å². The molecule has 0 aliphatic rings. The molecule has 0 spiro atoms. The van der Waals surface area contributed by atoms with Crippen molar-refractivity contribution in [2.45, 2.75) is 6.54 Å². The third-order valence-electron chi connectivity index (χ3n) is 2.32. The molecular formula is C12H13NO6. The van der Waals surface area contributed by atoms with Crippen molar-refractivity contribution in [3.8, 4) is 0 Å². The Bertz CT molecular complexity index is 465. The number of hydrogen-bond donors (Lipinski definition) is 3. The van der Waals surface area contributed by atoms with Crippen LogP contribution in [0.1, 0.15) is 15.9 Å². The van der Waals surface area contributed by atoms with Crippen molar-refractivity contribution in [3.63, 3.8) is 0 Å². The van der Waals surface area contributed by atoms with E-state index in [2.05, 4.69) is 0 Å². The maximum Gasteiger partial charge on any atom is 0.335 e. The van der Waals surface area contributed by atoms with E-state index in [0.29, 0.717) is 5.56 Å². The van der Waals surface area contributed by atoms with Gasteiger partial charge in [-0.05, 0) is 17.7 Å². The Morgan fingerprint density at radius 3 is 1.74 bits per heavy atom. The van der Waals surface area contributed by atoms with Crippen LogP contribution in [-0.4, -0.2) is 51.2 Å². The van der Waals surface area contributed by atoms with Gasteiger partial charge in [0.1, 0.15) is 0 Å². The Kier molecular flexibility index (Phi) is 5.01. The minimum atomic E-state index is -1.12. The van der Waals surface area contributed by atoms with Gasteiger partial charge in [0.25, 0.3) is 0 Å². The summed E-state index contributed by atoms with van der Waals surface area (Å²) in [5.74, 6) is -3.30. The lowest BCUT2D eigenvalue weighted by atomic mass is 10.1. The number of aromatic carboxylic acids is 1. The molecule has 1 rings (SSSR count). The molecule has 7 nitrogen and oxygen atoms in total. The third kappa shape index (κ3) is 5.17. The van der Waals surface area contributed by atoms with Crippen molar-refractivity contribution < 1.29 is 29.7 Å². The largest absolute Gasteiger partial charge is 0.480 e. The molecule has 0 bridgehead atoms. The van der Waals surface area contributed by atoms with Gasteiger partial charge in [-0.3, -0.25) is 14.5 Å². The molecule has 7 heteroatoms. The number of aliphatic carboxylic acids is 2. The predicted octanol–water partition coefficient (Wildman–Crippen LogP) is 0.356. The van der Waals surface area contributed by atoms with Gasteiger partial charge in [0.15, 0.2) is 0 Å². The van der Waals surface area contributed by atoms with E-state index < -0.39 is 31.0 Å². The summed E-state index contributed by atoms with van der Waals surface area (Å²) < 4.78 is 0. The second-order valence-electron chi connectivity index (χ2n) is 3.93. The second kappa shape index (κ2) is 6.50. The van der Waals surface area contributed by atoms with Crippen LogP contribution in [0.3, 0.4) is 0 Å². The van der Waals surface area contributed by atoms with Crippen molar-refractivity contribution in [1.82, 2.24) is 4.90 Å². The number of carbonyl (C=O) groups is 3. The van der Waals surface area contributed by atoms with E-state index in [9.17, 15) is 14.4 Å². The van der Waals surface area contributed by atoms with Gasteiger partial charge >= 0.3 is 17.9 Å². The third-order valence-corrected chi connectivity index (χ3v) is 2.32. The summed E-state index contributed by atoms with van der Waals surface area (Å²) in [5.41, 5.74) is 0.763. The zero-order valence-corrected chi connectivity index (χ0v) is 9.94. The number of carboxylic acid groups (broad SMARTS) is 3. The van der Waals surface area contributed by atoms with Gasteiger partial charge < -0.3 is 15.3 Å². The topological polar surface area (TPSA) is 115 Å². The monoisotopic (exact) mass is 267 g/mol. The minimum Gasteiger partial charge on any atom is -0.480 e. The molecular weight excluding hydrogens is 254 g/mol. The van der Waals surface area contributed by atoms with E-state index in [1.165, 1.54) is 29.2 Å². The van der Waals surface area contributed by atoms with Crippen molar-refractivity contribution in [1.29, 1.82) is 0 Å². The molecule has 3 N–H and O–H groups in total. The van der Waals surface area contributed by atoms with Crippen LogP contribution in [0.5, 0.6) is 0 Å². The van der Waals surface area contributed by atoms with Crippen LogP contribution in [0.25, 0.3) is 0 Å². The summed E-state index contributed by atoms with van der Waals surface area (Å²) in [5, 5.41) is 26.1. The van der Waals surface area contributed by atoms with Crippen LogP contribution in [-0.2, 0) is 16.1 Å². The van der Waals surface area contributed by atoms with E-state index in [1.807, 2.05) is 0 Å². The minimum absolute atomic E-state index is 0.117. The molecule has 0 heterocycles. The lowest BCUT2D eigenvalue weighted by Crippen LogP contribution is -2.33. The predicted molar refractivity (Wildman–Crippen MR) is 63.9 cm³/mol. The molecule has 0 unspecified atom stereocenters. The Hall–Kier alpha value is -2.41. The maximum absolute atomic E-state index is 10.7. The molecule has 0 fully saturated rings. The zero-order valence-electron chi connectivity index (χ0n) is 9.94. The number of hydrogen-bond acceptors (Lipinski definition) is 4. The molecule has 0 saturated heterocycles. The van der Waals surface area contributed by atoms with Gasteiger partial charge in [-0.2, -0.15) is 0 Å². The summed E-state index contributed by atoms with van der Waals surface area (Å²) in [6.07, 6.45) is 0. The zero-order chi connectivity index (χ0) is 14.4. The van der Waals surface area contributed by atoms with Crippen LogP contribution < -0.4 is 0 Å². The van der Waals surface area contributed by atoms with Gasteiger partial charge in [0.2, 0.25) is 0 Å². The lowest BCUT2D eigenvalue weighted by Gasteiger charge is -2.17. The highest BCUT2D eigenvalue weighted by atomic mass is 16.4. The molecule has 102 valence electrons. The summed E-state index contributed by atoms with van der Waals surface area (Å²) in [4.78, 5) is 33.1. The van der Waals surface area contributed by atoms with Gasteiger partial charge in [-0.25, -0.2) is 4.79 Å². The first kappa shape index (κ1) is 14.7. The van der Waals surface area contributed by atoms with E-state index in [-0.39, 0.29) is 12.1 Å². The Morgan fingerprint density at radius 1 is 0.895 bits per heavy atom. The SMILES string of the molecule is O=C(O)CN(CC(=O)O)Cc1ccc(C(=O)O)cc1. The second-order valence-corrected chi connectivity index (χ2v) is 3.93. The van der Waals surface area contributed by atoms with E-state index >= 15 is 0 Å². The summed E-state index contributed by atoms with van der Waals surface area (Å²) in [6.45, 7) is -0.668. The molecule has 0 saturated carbocycles. The molecule has 19 heavy (non-hydrogen) atoms. The number of nitrogens with zero attached hydrogens (tertiary/aromatic N) is 1. The number of carboxylic acids is 3. The molecule has 0 aliphatic heterocycles. The van der Waals surface area contributed by atoms with Crippen LogP contribution in [0, 0.1) is 0 Å². The maximum atomic E-state index is 10.7. The number of rotatable bonds is 7. The van der Waals surface area contributed by atoms with Crippen LogP contribution in [0.4, 0.5) is 0 Å². The van der Waals surface area contributed by atoms with Crippen molar-refractivity contribution in [2.75, 3.05) is 13.1 Å². The Balaban J connectivity index is 2.74. The molecule has 1 aromatic carbocycles. The number of benzene rings is 1. The lowest BCUT2D eigenvalue weighted by molar-refractivity contribution is -0.142. The normalized spacial score (nSPS) is 10.4. The molecule has 0 radical (unpaired) electrons. The summed E-state index contributed by atoms with van der Waals surface area (Å²) in [7, 11) is 0. The fraction of sp³-hybridized carbons (Fsp3) is 0.250. The highest BCUT2D eigenvalue weighted by Gasteiger charge is 2.14. The van der Waals surface area contributed by atoms with Crippen molar-refractivity contribution in [2.24, 2.45) is 0 Å². The standard InChI is InChI=1S/C12H13NO6/c14-10(15)6-13(7-11(16)17)5-8-1-3-9(4-2-8)12(18)19/h1-4H,5-7H2,(H,14,15)(H,16,17)(H,18,19). The molecule has 0 atom stereocenters. The average molecular weight is 267 g/mol. The van der Waals surface area contributed by atoms with Crippen LogP contribution in [0.15, 0.2) is 24.3 Å². The molecule has 0 aliphatic carbocycles. The van der Waals surface area contributed by atoms with Gasteiger partial charge in [-0.15, -0.1) is 0 Å². The van der Waals surface area contributed by atoms with Crippen LogP contribution in [0.2, 0.25) is 0 Å². The van der Waals surface area contributed by atoms with Crippen molar-refractivity contribution >= 4 is 17.9 Å². The van der Waals surface area contributed by atoms with Gasteiger partial charge in [0.05, 0.1) is 18.7 Å². The first-order chi connectivity index (χ1) is 8.88. The molecule has 1 aromatic rings. The van der Waals surface area contributed by atoms with E-state index in [4.69, 9.17) is 15.3 Å². The molecule has 0 amide bonds. The van der Waals surface area contributed by atoms with E-state index in [1.54, 1.807) is 0 Å². The quantitative estimate of drug-likeness (QED) is 0.653. The first-order valence-corrected chi connectivity index (χ1v) is 5.36.